The Morgan fingerprint density at radius 3 is 2.86 bits per heavy atom. The highest BCUT2D eigenvalue weighted by atomic mass is 16.3. The number of aliphatic hydroxyl groups is 1. The maximum Gasteiger partial charge on any atom is 0.236 e. The molecule has 0 aliphatic carbocycles. The Bertz CT molecular complexity index is 195. The van der Waals surface area contributed by atoms with Gasteiger partial charge in [-0.25, -0.2) is 0 Å². The Labute approximate surface area is 85.5 Å². The van der Waals surface area contributed by atoms with Crippen LogP contribution in [0.5, 0.6) is 0 Å². The molecular weight excluding hydrogens is 180 g/mol. The van der Waals surface area contributed by atoms with Gasteiger partial charge in [0.25, 0.3) is 0 Å². The van der Waals surface area contributed by atoms with Crippen molar-refractivity contribution in [2.45, 2.75) is 12.8 Å². The first-order valence-corrected chi connectivity index (χ1v) is 5.17. The van der Waals surface area contributed by atoms with Crippen molar-refractivity contribution in [2.24, 2.45) is 5.92 Å². The predicted molar refractivity (Wildman–Crippen MR) is 54.9 cm³/mol. The van der Waals surface area contributed by atoms with Gasteiger partial charge in [0.2, 0.25) is 5.91 Å². The molecule has 0 aromatic rings. The average molecular weight is 200 g/mol. The van der Waals surface area contributed by atoms with Gasteiger partial charge in [0, 0.05) is 27.2 Å². The van der Waals surface area contributed by atoms with Crippen LogP contribution in [0.3, 0.4) is 0 Å². The lowest BCUT2D eigenvalue weighted by Crippen LogP contribution is -2.35. The first-order chi connectivity index (χ1) is 6.63. The van der Waals surface area contributed by atoms with Crippen molar-refractivity contribution in [2.75, 3.05) is 40.3 Å². The Morgan fingerprint density at radius 2 is 2.29 bits per heavy atom. The number of hydrogen-bond donors (Lipinski definition) is 1. The van der Waals surface area contributed by atoms with E-state index in [9.17, 15) is 4.79 Å². The van der Waals surface area contributed by atoms with Crippen molar-refractivity contribution >= 4 is 5.91 Å². The third-order valence-corrected chi connectivity index (χ3v) is 2.76. The van der Waals surface area contributed by atoms with Crippen LogP contribution in [0.2, 0.25) is 0 Å². The molecule has 0 aromatic heterocycles. The van der Waals surface area contributed by atoms with Gasteiger partial charge in [0.05, 0.1) is 6.54 Å². The summed E-state index contributed by atoms with van der Waals surface area (Å²) in [4.78, 5) is 15.2. The second-order valence-corrected chi connectivity index (χ2v) is 4.19. The Hall–Kier alpha value is -0.610. The minimum Gasteiger partial charge on any atom is -0.396 e. The van der Waals surface area contributed by atoms with Crippen molar-refractivity contribution in [1.29, 1.82) is 0 Å². The van der Waals surface area contributed by atoms with E-state index in [0.29, 0.717) is 12.5 Å². The molecule has 1 atom stereocenters. The van der Waals surface area contributed by atoms with Crippen LogP contribution < -0.4 is 0 Å². The fourth-order valence-electron chi connectivity index (χ4n) is 1.81. The molecule has 0 aromatic carbocycles. The summed E-state index contributed by atoms with van der Waals surface area (Å²) in [6.45, 7) is 2.74. The number of likely N-dealkylation sites (N-methyl/N-ethyl adjacent to an activating group) is 1. The SMILES string of the molecule is CN(C)C(=O)CN1CCC(CCO)C1. The minimum absolute atomic E-state index is 0.162. The number of carbonyl (C=O) groups is 1. The van der Waals surface area contributed by atoms with E-state index < -0.39 is 0 Å². The summed E-state index contributed by atoms with van der Waals surface area (Å²) in [5.41, 5.74) is 0. The molecule has 1 fully saturated rings. The lowest BCUT2D eigenvalue weighted by Gasteiger charge is -2.18. The molecule has 0 spiro atoms. The largest absolute Gasteiger partial charge is 0.396 e. The molecule has 1 unspecified atom stereocenters. The Balaban J connectivity index is 2.25. The number of carbonyl (C=O) groups excluding carboxylic acids is 1. The summed E-state index contributed by atoms with van der Waals surface area (Å²) >= 11 is 0. The smallest absolute Gasteiger partial charge is 0.236 e. The molecular formula is C10H20N2O2. The molecule has 4 nitrogen and oxygen atoms in total. The van der Waals surface area contributed by atoms with Crippen molar-refractivity contribution in [3.05, 3.63) is 0 Å². The van der Waals surface area contributed by atoms with Crippen LogP contribution >= 0.6 is 0 Å². The van der Waals surface area contributed by atoms with E-state index in [4.69, 9.17) is 5.11 Å². The van der Waals surface area contributed by atoms with Gasteiger partial charge >= 0.3 is 0 Å². The average Bonchev–Trinajstić information content (AvgIpc) is 2.53. The maximum atomic E-state index is 11.4. The van der Waals surface area contributed by atoms with Crippen LogP contribution in [-0.4, -0.2) is 61.2 Å². The fourth-order valence-corrected chi connectivity index (χ4v) is 1.81. The van der Waals surface area contributed by atoms with Crippen molar-refractivity contribution in [3.63, 3.8) is 0 Å². The number of nitrogens with zero attached hydrogens (tertiary/aromatic N) is 2. The van der Waals surface area contributed by atoms with Gasteiger partial charge in [-0.2, -0.15) is 0 Å². The van der Waals surface area contributed by atoms with Gasteiger partial charge in [0.1, 0.15) is 0 Å². The first kappa shape index (κ1) is 11.5. The van der Waals surface area contributed by atoms with Crippen molar-refractivity contribution in [3.8, 4) is 0 Å². The molecule has 1 rings (SSSR count). The zero-order valence-electron chi connectivity index (χ0n) is 9.07. The normalized spacial score (nSPS) is 22.6. The standard InChI is InChI=1S/C10H20N2O2/c1-11(2)10(14)8-12-5-3-9(7-12)4-6-13/h9,13H,3-8H2,1-2H3. The number of amides is 1. The van der Waals surface area contributed by atoms with Crippen LogP contribution in [0.15, 0.2) is 0 Å². The summed E-state index contributed by atoms with van der Waals surface area (Å²) in [6, 6.07) is 0. The van der Waals surface area contributed by atoms with Gasteiger partial charge in [0.15, 0.2) is 0 Å². The number of hydrogen-bond acceptors (Lipinski definition) is 3. The molecule has 1 amide bonds. The summed E-state index contributed by atoms with van der Waals surface area (Å²) in [7, 11) is 3.56. The van der Waals surface area contributed by atoms with Crippen LogP contribution in [0.25, 0.3) is 0 Å². The van der Waals surface area contributed by atoms with Gasteiger partial charge in [-0.1, -0.05) is 0 Å². The third kappa shape index (κ3) is 3.27. The zero-order chi connectivity index (χ0) is 10.6. The molecule has 0 radical (unpaired) electrons. The summed E-state index contributed by atoms with van der Waals surface area (Å²) in [5, 5.41) is 8.79. The van der Waals surface area contributed by atoms with Crippen LogP contribution in [0.1, 0.15) is 12.8 Å². The highest BCUT2D eigenvalue weighted by Crippen LogP contribution is 2.18. The highest BCUT2D eigenvalue weighted by Gasteiger charge is 2.23. The van der Waals surface area contributed by atoms with Crippen LogP contribution in [0, 0.1) is 5.92 Å². The van der Waals surface area contributed by atoms with E-state index in [2.05, 4.69) is 4.90 Å². The lowest BCUT2D eigenvalue weighted by molar-refractivity contribution is -0.129. The van der Waals surface area contributed by atoms with Gasteiger partial charge in [-0.05, 0) is 25.3 Å². The molecule has 0 bridgehead atoms. The quantitative estimate of drug-likeness (QED) is 0.682. The topological polar surface area (TPSA) is 43.8 Å². The monoisotopic (exact) mass is 200 g/mol. The summed E-state index contributed by atoms with van der Waals surface area (Å²) in [6.07, 6.45) is 1.98. The van der Waals surface area contributed by atoms with E-state index in [1.54, 1.807) is 19.0 Å². The minimum atomic E-state index is 0.162. The third-order valence-electron chi connectivity index (χ3n) is 2.76. The lowest BCUT2D eigenvalue weighted by atomic mass is 10.1. The van der Waals surface area contributed by atoms with E-state index in [1.165, 1.54) is 0 Å². The molecule has 1 saturated heterocycles. The number of likely N-dealkylation sites (tertiary alicyclic amines) is 1. The molecule has 1 aliphatic heterocycles. The van der Waals surface area contributed by atoms with Gasteiger partial charge in [-0.15, -0.1) is 0 Å². The number of aliphatic hydroxyl groups excluding tert-OH is 1. The molecule has 4 heteroatoms. The molecule has 1 N–H and O–H groups in total. The Kier molecular flexibility index (Phi) is 4.35. The molecule has 14 heavy (non-hydrogen) atoms. The van der Waals surface area contributed by atoms with E-state index in [1.807, 2.05) is 0 Å². The van der Waals surface area contributed by atoms with E-state index >= 15 is 0 Å². The Morgan fingerprint density at radius 1 is 1.57 bits per heavy atom. The van der Waals surface area contributed by atoms with Crippen molar-refractivity contribution in [1.82, 2.24) is 9.80 Å². The highest BCUT2D eigenvalue weighted by molar-refractivity contribution is 5.77. The van der Waals surface area contributed by atoms with Crippen LogP contribution in [0.4, 0.5) is 0 Å². The molecule has 1 aliphatic rings. The second kappa shape index (κ2) is 5.32. The van der Waals surface area contributed by atoms with E-state index in [-0.39, 0.29) is 12.5 Å². The zero-order valence-corrected chi connectivity index (χ0v) is 9.07. The van der Waals surface area contributed by atoms with E-state index in [0.717, 1.165) is 25.9 Å². The predicted octanol–water partition coefficient (Wildman–Crippen LogP) is -0.221. The molecule has 1 heterocycles. The van der Waals surface area contributed by atoms with Crippen LogP contribution in [-0.2, 0) is 4.79 Å². The van der Waals surface area contributed by atoms with Gasteiger partial charge < -0.3 is 10.0 Å². The maximum absolute atomic E-state index is 11.4. The first-order valence-electron chi connectivity index (χ1n) is 5.17. The molecule has 0 saturated carbocycles. The van der Waals surface area contributed by atoms with Crippen molar-refractivity contribution < 1.29 is 9.90 Å². The summed E-state index contributed by atoms with van der Waals surface area (Å²) in [5.74, 6) is 0.740. The fraction of sp³-hybridized carbons (Fsp3) is 0.900. The number of rotatable bonds is 4. The van der Waals surface area contributed by atoms with Gasteiger partial charge in [-0.3, -0.25) is 9.69 Å². The summed E-state index contributed by atoms with van der Waals surface area (Å²) < 4.78 is 0. The second-order valence-electron chi connectivity index (χ2n) is 4.19. The molecule has 82 valence electrons.